The second-order valence-corrected chi connectivity index (χ2v) is 13.9. The van der Waals surface area contributed by atoms with Crippen LogP contribution in [0.25, 0.3) is 22.0 Å². The molecule has 1 aromatic heterocycles. The number of piperazine rings is 1. The zero-order valence-electron chi connectivity index (χ0n) is 28.2. The van der Waals surface area contributed by atoms with Crippen molar-refractivity contribution in [2.24, 2.45) is 0 Å². The first-order chi connectivity index (χ1) is 25.5. The van der Waals surface area contributed by atoms with Crippen molar-refractivity contribution in [2.45, 2.75) is 24.0 Å². The third-order valence-corrected chi connectivity index (χ3v) is 11.1. The first-order valence-electron chi connectivity index (χ1n) is 17.5. The highest BCUT2D eigenvalue weighted by Gasteiger charge is 2.57. The number of fused-ring (bicyclic) bond motifs is 2. The number of aromatic hydroxyl groups is 1. The van der Waals surface area contributed by atoms with Crippen LogP contribution in [0.3, 0.4) is 0 Å². The molecule has 9 rings (SSSR count). The van der Waals surface area contributed by atoms with E-state index in [2.05, 4.69) is 87.6 Å². The second kappa shape index (κ2) is 12.9. The molecular weight excluding hydrogens is 677 g/mol. The number of ether oxygens (including phenoxy) is 1. The molecule has 5 aromatic carbocycles. The lowest BCUT2D eigenvalue weighted by atomic mass is 9.76. The molecule has 1 unspecified atom stereocenters. The number of nitrogens with zero attached hydrogens (tertiary/aromatic N) is 5. The maximum atomic E-state index is 15.0. The molecule has 1 amide bonds. The van der Waals surface area contributed by atoms with E-state index in [0.717, 1.165) is 16.7 Å². The van der Waals surface area contributed by atoms with Gasteiger partial charge >= 0.3 is 0 Å². The van der Waals surface area contributed by atoms with Crippen LogP contribution in [0.5, 0.6) is 11.5 Å². The van der Waals surface area contributed by atoms with E-state index in [-0.39, 0.29) is 34.3 Å². The lowest BCUT2D eigenvalue weighted by Gasteiger charge is -2.44. The Bertz CT molecular complexity index is 2180. The lowest BCUT2D eigenvalue weighted by Crippen LogP contribution is -2.57. The van der Waals surface area contributed by atoms with Crippen LogP contribution in [-0.4, -0.2) is 75.7 Å². The van der Waals surface area contributed by atoms with Crippen molar-refractivity contribution in [3.8, 4) is 22.6 Å². The molecule has 0 aliphatic carbocycles. The highest BCUT2D eigenvalue weighted by molar-refractivity contribution is 6.36. The number of carbonyl (C=O) groups is 1. The normalized spacial score (nSPS) is 19.7. The molecule has 0 spiro atoms. The average molecular weight is 712 g/mol. The first-order valence-corrected chi connectivity index (χ1v) is 17.9. The number of hydrogen-bond donors (Lipinski definition) is 1. The van der Waals surface area contributed by atoms with E-state index >= 15 is 0 Å². The number of carbonyl (C=O) groups excluding carboxylic acids is 1. The third kappa shape index (κ3) is 5.18. The number of hydrogen-bond acceptors (Lipinski definition) is 7. The molecule has 3 aliphatic rings. The van der Waals surface area contributed by atoms with E-state index in [9.17, 15) is 14.3 Å². The van der Waals surface area contributed by atoms with Gasteiger partial charge < -0.3 is 19.6 Å². The van der Waals surface area contributed by atoms with E-state index < -0.39 is 11.4 Å². The van der Waals surface area contributed by atoms with Crippen LogP contribution in [0.2, 0.25) is 5.02 Å². The average Bonchev–Trinajstić information content (AvgIpc) is 3.97. The summed E-state index contributed by atoms with van der Waals surface area (Å²) in [5.74, 6) is 0.305. The number of rotatable bonds is 6. The van der Waals surface area contributed by atoms with E-state index in [0.29, 0.717) is 67.2 Å². The van der Waals surface area contributed by atoms with E-state index in [1.165, 1.54) is 24.5 Å². The van der Waals surface area contributed by atoms with Gasteiger partial charge in [0.1, 0.15) is 29.8 Å². The van der Waals surface area contributed by atoms with Crippen molar-refractivity contribution in [3.05, 3.63) is 149 Å². The Morgan fingerprint density at radius 2 is 1.50 bits per heavy atom. The third-order valence-electron chi connectivity index (χ3n) is 10.7. The van der Waals surface area contributed by atoms with Crippen LogP contribution in [0, 0.1) is 5.82 Å². The van der Waals surface area contributed by atoms with Crippen LogP contribution >= 0.6 is 11.6 Å². The van der Waals surface area contributed by atoms with E-state index in [1.54, 1.807) is 6.07 Å². The first kappa shape index (κ1) is 32.4. The Kier molecular flexibility index (Phi) is 8.05. The van der Waals surface area contributed by atoms with Gasteiger partial charge in [0.25, 0.3) is 0 Å². The maximum absolute atomic E-state index is 15.0. The minimum Gasteiger partial charge on any atom is -0.507 e. The summed E-state index contributed by atoms with van der Waals surface area (Å²) in [6.45, 7) is 2.53. The summed E-state index contributed by atoms with van der Waals surface area (Å²) in [5.41, 5.74) is 3.51. The molecule has 6 aromatic rings. The van der Waals surface area contributed by atoms with Crippen molar-refractivity contribution in [1.82, 2.24) is 19.8 Å². The Labute approximate surface area is 305 Å². The standard InChI is InChI=1S/C42H35ClFN5O3/c43-38-31(36-32(44)17-10-18-35(36)50)23-33-37-39(38)52-22-19-30-24-47(20-21-48(30)40(37)46-26-45-33)41(51)34-25-49(34)42(27-11-4-1-5-12-27,28-13-6-2-7-14-28)29-15-8-3-9-16-29/h1-18,23,26,30,34,50H,19-22,24-25H2/t30-,34?,49-/m1/s1. The SMILES string of the molecule is O=C(C1C[N@@]1C(c1ccccc1)(c1ccccc1)c1ccccc1)N1CCN2c3ncnc4cc(-c5c(O)cccc5F)c(Cl)c(c34)OCC[C@@H]2C1. The molecule has 4 heterocycles. The van der Waals surface area contributed by atoms with Crippen molar-refractivity contribution < 1.29 is 19.0 Å². The van der Waals surface area contributed by atoms with Crippen LogP contribution in [0.4, 0.5) is 10.2 Å². The summed E-state index contributed by atoms with van der Waals surface area (Å²) in [4.78, 5) is 30.3. The summed E-state index contributed by atoms with van der Waals surface area (Å²) in [5, 5.41) is 11.4. The minimum absolute atomic E-state index is 0.00796. The van der Waals surface area contributed by atoms with Gasteiger partial charge in [0, 0.05) is 38.2 Å². The van der Waals surface area contributed by atoms with Gasteiger partial charge in [-0.1, -0.05) is 109 Å². The fourth-order valence-electron chi connectivity index (χ4n) is 8.31. The molecule has 260 valence electrons. The molecule has 0 radical (unpaired) electrons. The Balaban J connectivity index is 1.04. The van der Waals surface area contributed by atoms with Gasteiger partial charge in [-0.15, -0.1) is 0 Å². The zero-order valence-corrected chi connectivity index (χ0v) is 29.0. The van der Waals surface area contributed by atoms with Crippen LogP contribution in [0.15, 0.2) is 122 Å². The molecule has 8 nitrogen and oxygen atoms in total. The molecule has 1 N–H and O–H groups in total. The monoisotopic (exact) mass is 711 g/mol. The Morgan fingerprint density at radius 3 is 2.13 bits per heavy atom. The van der Waals surface area contributed by atoms with Crippen LogP contribution < -0.4 is 9.64 Å². The number of phenols is 1. The van der Waals surface area contributed by atoms with Gasteiger partial charge in [0.05, 0.1) is 39.7 Å². The molecule has 0 saturated carbocycles. The second-order valence-electron chi connectivity index (χ2n) is 13.5. The predicted octanol–water partition coefficient (Wildman–Crippen LogP) is 7.27. The molecule has 3 atom stereocenters. The molecule has 3 aliphatic heterocycles. The van der Waals surface area contributed by atoms with Crippen LogP contribution in [0.1, 0.15) is 23.1 Å². The molecular formula is C42H35ClFN5O3. The van der Waals surface area contributed by atoms with Gasteiger partial charge in [-0.2, -0.15) is 0 Å². The number of aromatic nitrogens is 2. The molecule has 10 heteroatoms. The van der Waals surface area contributed by atoms with Crippen LogP contribution in [-0.2, 0) is 10.3 Å². The number of anilines is 1. The summed E-state index contributed by atoms with van der Waals surface area (Å²) >= 11 is 6.93. The smallest absolute Gasteiger partial charge is 0.241 e. The largest absolute Gasteiger partial charge is 0.507 e. The van der Waals surface area contributed by atoms with E-state index in [4.69, 9.17) is 21.3 Å². The number of phenolic OH excluding ortho intramolecular Hbond substituents is 1. The highest BCUT2D eigenvalue weighted by Crippen LogP contribution is 2.50. The topological polar surface area (TPSA) is 81.8 Å². The summed E-state index contributed by atoms with van der Waals surface area (Å²) in [7, 11) is 0. The molecule has 2 saturated heterocycles. The number of benzene rings is 5. The maximum Gasteiger partial charge on any atom is 0.241 e. The molecule has 52 heavy (non-hydrogen) atoms. The quantitative estimate of drug-likeness (QED) is 0.144. The number of amides is 1. The van der Waals surface area contributed by atoms with Crippen molar-refractivity contribution in [2.75, 3.05) is 37.7 Å². The van der Waals surface area contributed by atoms with Crippen molar-refractivity contribution in [3.63, 3.8) is 0 Å². The van der Waals surface area contributed by atoms with Gasteiger partial charge in [0.2, 0.25) is 5.91 Å². The zero-order chi connectivity index (χ0) is 35.4. The van der Waals surface area contributed by atoms with Crippen molar-refractivity contribution >= 4 is 34.2 Å². The Hall–Kier alpha value is -5.51. The minimum atomic E-state index is -0.645. The van der Waals surface area contributed by atoms with E-state index in [1.807, 2.05) is 23.1 Å². The van der Waals surface area contributed by atoms with Crippen molar-refractivity contribution in [1.29, 1.82) is 0 Å². The van der Waals surface area contributed by atoms with Gasteiger partial charge in [-0.3, -0.25) is 9.69 Å². The molecule has 2 fully saturated rings. The Morgan fingerprint density at radius 1 is 0.846 bits per heavy atom. The van der Waals surface area contributed by atoms with Gasteiger partial charge in [-0.05, 0) is 34.9 Å². The van der Waals surface area contributed by atoms with Gasteiger partial charge in [-0.25, -0.2) is 14.4 Å². The van der Waals surface area contributed by atoms with Gasteiger partial charge in [0.15, 0.2) is 5.75 Å². The molecule has 0 bridgehead atoms. The summed E-state index contributed by atoms with van der Waals surface area (Å²) < 4.78 is 21.3. The fourth-order valence-corrected chi connectivity index (χ4v) is 8.61. The summed E-state index contributed by atoms with van der Waals surface area (Å²) in [6.07, 6.45) is 2.09. The fraction of sp³-hybridized carbons (Fsp3) is 0.214. The number of halogens is 2. The predicted molar refractivity (Wildman–Crippen MR) is 199 cm³/mol. The highest BCUT2D eigenvalue weighted by atomic mass is 35.5. The summed E-state index contributed by atoms with van der Waals surface area (Å²) in [6, 6.07) is 36.8. The lowest BCUT2D eigenvalue weighted by molar-refractivity contribution is -0.132.